The van der Waals surface area contributed by atoms with Crippen molar-refractivity contribution < 1.29 is 14.3 Å². The van der Waals surface area contributed by atoms with Gasteiger partial charge in [0.05, 0.1) is 14.7 Å². The van der Waals surface area contributed by atoms with E-state index in [1.54, 1.807) is 7.11 Å². The van der Waals surface area contributed by atoms with E-state index in [0.29, 0.717) is 18.1 Å². The van der Waals surface area contributed by atoms with Gasteiger partial charge in [0.15, 0.2) is 6.10 Å². The predicted octanol–water partition coefficient (Wildman–Crippen LogP) is 3.21. The Morgan fingerprint density at radius 2 is 1.91 bits per heavy atom. The maximum Gasteiger partial charge on any atom is 0.335 e. The number of benzene rings is 1. The van der Waals surface area contributed by atoms with Gasteiger partial charge in [-0.15, -0.1) is 0 Å². The molecule has 23 heavy (non-hydrogen) atoms. The lowest BCUT2D eigenvalue weighted by Crippen LogP contribution is -2.56. The fourth-order valence-corrected chi connectivity index (χ4v) is 9.87. The first-order chi connectivity index (χ1) is 10.8. The average Bonchev–Trinajstić information content (AvgIpc) is 2.80. The Morgan fingerprint density at radius 3 is 2.52 bits per heavy atom. The van der Waals surface area contributed by atoms with Gasteiger partial charge in [0.25, 0.3) is 0 Å². The maximum atomic E-state index is 12.3. The smallest absolute Gasteiger partial charge is 0.335 e. The summed E-state index contributed by atoms with van der Waals surface area (Å²) in [6, 6.07) is 10.9. The molecule has 3 nitrogen and oxygen atoms in total. The summed E-state index contributed by atoms with van der Waals surface area (Å²) in [5, 5.41) is 1.47. The zero-order chi connectivity index (χ0) is 16.8. The Balaban J connectivity index is 2.05. The molecule has 1 heterocycles. The summed E-state index contributed by atoms with van der Waals surface area (Å²) in [7, 11) is -0.0925. The molecule has 1 aliphatic carbocycles. The zero-order valence-electron chi connectivity index (χ0n) is 14.8. The molecular weight excluding hydrogens is 304 g/mol. The van der Waals surface area contributed by atoms with Crippen molar-refractivity contribution in [1.29, 1.82) is 0 Å². The number of carbonyl (C=O) groups is 1. The molecule has 126 valence electrons. The van der Waals surface area contributed by atoms with Crippen molar-refractivity contribution in [2.75, 3.05) is 13.7 Å². The monoisotopic (exact) mass is 332 g/mol. The number of methoxy groups -OCH3 is 1. The van der Waals surface area contributed by atoms with Crippen molar-refractivity contribution in [3.05, 3.63) is 30.3 Å². The minimum atomic E-state index is -1.74. The molecule has 3 rings (SSSR count). The van der Waals surface area contributed by atoms with Gasteiger partial charge in [0.1, 0.15) is 0 Å². The van der Waals surface area contributed by atoms with Crippen LogP contribution in [-0.4, -0.2) is 33.9 Å². The maximum absolute atomic E-state index is 12.3. The number of carbonyl (C=O) groups excluding carboxylic acids is 1. The van der Waals surface area contributed by atoms with Crippen LogP contribution in [0.15, 0.2) is 30.3 Å². The largest absolute Gasteiger partial charge is 0.463 e. The fourth-order valence-electron chi connectivity index (χ4n) is 5.42. The molecule has 1 aromatic rings. The molecule has 2 fully saturated rings. The van der Waals surface area contributed by atoms with Crippen LogP contribution in [0.3, 0.4) is 0 Å². The normalized spacial score (nSPS) is 37.3. The van der Waals surface area contributed by atoms with Gasteiger partial charge >= 0.3 is 5.97 Å². The highest BCUT2D eigenvalue weighted by atomic mass is 28.3. The third kappa shape index (κ3) is 2.56. The zero-order valence-corrected chi connectivity index (χ0v) is 15.8. The van der Waals surface area contributed by atoms with Crippen LogP contribution in [0.1, 0.15) is 20.3 Å². The molecule has 0 amide bonds. The van der Waals surface area contributed by atoms with Gasteiger partial charge in [0, 0.05) is 18.4 Å². The second kappa shape index (κ2) is 5.74. The van der Waals surface area contributed by atoms with Crippen LogP contribution in [-0.2, 0) is 14.3 Å². The van der Waals surface area contributed by atoms with Gasteiger partial charge in [-0.1, -0.05) is 62.5 Å². The Bertz CT molecular complexity index is 586. The summed E-state index contributed by atoms with van der Waals surface area (Å²) in [4.78, 5) is 12.3. The van der Waals surface area contributed by atoms with E-state index in [2.05, 4.69) is 57.3 Å². The molecule has 0 bridgehead atoms. The van der Waals surface area contributed by atoms with E-state index in [9.17, 15) is 4.79 Å². The van der Waals surface area contributed by atoms with Crippen LogP contribution in [0.5, 0.6) is 0 Å². The first kappa shape index (κ1) is 16.7. The van der Waals surface area contributed by atoms with Gasteiger partial charge in [-0.05, 0) is 17.9 Å². The fraction of sp³-hybridized carbons (Fsp3) is 0.632. The standard InChI is InChI=1S/C19H28O3Si/c1-13-11-19(2)12-22-18(20)16(21-3)15(19)17(13)23(4,5)14-9-7-6-8-10-14/h6-10,13,15-17H,11-12H2,1-5H3/t13-,15-,16+,17+,19-/m1/s1. The summed E-state index contributed by atoms with van der Waals surface area (Å²) >= 11 is 0. The molecule has 2 aliphatic rings. The molecule has 0 radical (unpaired) electrons. The van der Waals surface area contributed by atoms with Crippen LogP contribution in [0.25, 0.3) is 0 Å². The molecule has 4 heteroatoms. The van der Waals surface area contributed by atoms with Crippen molar-refractivity contribution in [2.45, 2.75) is 45.0 Å². The first-order valence-electron chi connectivity index (χ1n) is 8.56. The van der Waals surface area contributed by atoms with Crippen LogP contribution < -0.4 is 5.19 Å². The first-order valence-corrected chi connectivity index (χ1v) is 11.6. The van der Waals surface area contributed by atoms with Crippen LogP contribution in [0.2, 0.25) is 18.6 Å². The third-order valence-corrected chi connectivity index (χ3v) is 10.7. The third-order valence-electron chi connectivity index (χ3n) is 6.30. The molecule has 0 unspecified atom stereocenters. The summed E-state index contributed by atoms with van der Waals surface area (Å²) in [5.74, 6) is 0.664. The van der Waals surface area contributed by atoms with E-state index in [4.69, 9.17) is 9.47 Å². The van der Waals surface area contributed by atoms with Crippen molar-refractivity contribution >= 4 is 19.2 Å². The Kier molecular flexibility index (Phi) is 4.17. The van der Waals surface area contributed by atoms with E-state index in [1.807, 2.05) is 0 Å². The van der Waals surface area contributed by atoms with Crippen molar-refractivity contribution in [3.63, 3.8) is 0 Å². The Hall–Kier alpha value is -1.13. The van der Waals surface area contributed by atoms with E-state index in [1.165, 1.54) is 5.19 Å². The number of cyclic esters (lactones) is 1. The van der Waals surface area contributed by atoms with E-state index in [0.717, 1.165) is 6.42 Å². The average molecular weight is 333 g/mol. The van der Waals surface area contributed by atoms with Crippen LogP contribution in [0.4, 0.5) is 0 Å². The van der Waals surface area contributed by atoms with Crippen LogP contribution in [0, 0.1) is 17.3 Å². The number of esters is 1. The molecule has 1 saturated heterocycles. The SMILES string of the molecule is CO[C@@H]1C(=O)OC[C@@]2(C)C[C@@H](C)[C@H]([Si](C)(C)c3ccccc3)[C@@H]12. The number of hydrogen-bond acceptors (Lipinski definition) is 3. The summed E-state index contributed by atoms with van der Waals surface area (Å²) < 4.78 is 11.1. The molecule has 5 atom stereocenters. The van der Waals surface area contributed by atoms with Crippen molar-refractivity contribution in [2.24, 2.45) is 17.3 Å². The van der Waals surface area contributed by atoms with Crippen molar-refractivity contribution in [3.8, 4) is 0 Å². The molecule has 0 aromatic heterocycles. The minimum absolute atomic E-state index is 0.0394. The molecule has 0 spiro atoms. The molecule has 1 aromatic carbocycles. The topological polar surface area (TPSA) is 35.5 Å². The molecule has 1 aliphatic heterocycles. The lowest BCUT2D eigenvalue weighted by atomic mass is 9.75. The number of ether oxygens (including phenoxy) is 2. The molecule has 0 N–H and O–H groups in total. The summed E-state index contributed by atoms with van der Waals surface area (Å²) in [5.41, 5.74) is 0.560. The van der Waals surface area contributed by atoms with Gasteiger partial charge in [-0.25, -0.2) is 4.79 Å². The Labute approximate surface area is 140 Å². The summed E-state index contributed by atoms with van der Waals surface area (Å²) in [6.07, 6.45) is 0.692. The van der Waals surface area contributed by atoms with Gasteiger partial charge in [-0.3, -0.25) is 0 Å². The minimum Gasteiger partial charge on any atom is -0.463 e. The van der Waals surface area contributed by atoms with Gasteiger partial charge in [0.2, 0.25) is 0 Å². The highest BCUT2D eigenvalue weighted by molar-refractivity contribution is 6.91. The second-order valence-electron chi connectivity index (χ2n) is 8.24. The van der Waals surface area contributed by atoms with Crippen molar-refractivity contribution in [1.82, 2.24) is 0 Å². The summed E-state index contributed by atoms with van der Waals surface area (Å²) in [6.45, 7) is 10.1. The highest BCUT2D eigenvalue weighted by Crippen LogP contribution is 2.60. The number of fused-ring (bicyclic) bond motifs is 1. The van der Waals surface area contributed by atoms with Crippen LogP contribution >= 0.6 is 0 Å². The predicted molar refractivity (Wildman–Crippen MR) is 94.4 cm³/mol. The van der Waals surface area contributed by atoms with E-state index >= 15 is 0 Å². The van der Waals surface area contributed by atoms with Gasteiger partial charge in [-0.2, -0.15) is 0 Å². The lowest BCUT2D eigenvalue weighted by molar-refractivity contribution is -0.179. The lowest BCUT2D eigenvalue weighted by Gasteiger charge is -2.45. The van der Waals surface area contributed by atoms with E-state index < -0.39 is 14.2 Å². The number of rotatable bonds is 3. The molecular formula is C19H28O3Si. The molecule has 1 saturated carbocycles. The second-order valence-corrected chi connectivity index (χ2v) is 12.9. The highest BCUT2D eigenvalue weighted by Gasteiger charge is 2.61. The van der Waals surface area contributed by atoms with E-state index in [-0.39, 0.29) is 17.3 Å². The quantitative estimate of drug-likeness (QED) is 0.630. The Morgan fingerprint density at radius 1 is 1.26 bits per heavy atom. The number of hydrogen-bond donors (Lipinski definition) is 0. The van der Waals surface area contributed by atoms with Gasteiger partial charge < -0.3 is 9.47 Å².